The van der Waals surface area contributed by atoms with Gasteiger partial charge in [0.05, 0.1) is 13.2 Å². The molecule has 4 heteroatoms. The fraction of sp³-hybridized carbons (Fsp3) is 1.00. The molecule has 15 heavy (non-hydrogen) atoms. The van der Waals surface area contributed by atoms with Crippen LogP contribution in [0.15, 0.2) is 0 Å². The second kappa shape index (κ2) is 6.04. The van der Waals surface area contributed by atoms with Crippen molar-refractivity contribution in [2.24, 2.45) is 0 Å². The van der Waals surface area contributed by atoms with E-state index >= 15 is 0 Å². The summed E-state index contributed by atoms with van der Waals surface area (Å²) >= 11 is 6.16. The smallest absolute Gasteiger partial charge is 0.0594 e. The molecule has 1 atom stereocenters. The molecule has 2 saturated heterocycles. The number of hydrogen-bond donors (Lipinski definition) is 0. The number of rotatable bonds is 3. The molecular formula is C11H21ClN2O. The van der Waals surface area contributed by atoms with Crippen LogP contribution in [-0.4, -0.2) is 67.7 Å². The van der Waals surface area contributed by atoms with E-state index in [1.807, 2.05) is 0 Å². The maximum atomic E-state index is 6.16. The molecule has 0 amide bonds. The number of ether oxygens (including phenoxy) is 1. The normalized spacial score (nSPS) is 30.6. The van der Waals surface area contributed by atoms with Crippen LogP contribution in [0.3, 0.4) is 0 Å². The van der Waals surface area contributed by atoms with E-state index in [-0.39, 0.29) is 0 Å². The van der Waals surface area contributed by atoms with Crippen molar-refractivity contribution in [2.45, 2.75) is 18.2 Å². The van der Waals surface area contributed by atoms with Crippen molar-refractivity contribution < 1.29 is 4.74 Å². The maximum absolute atomic E-state index is 6.16. The summed E-state index contributed by atoms with van der Waals surface area (Å²) in [6.07, 6.45) is 2.45. The third kappa shape index (κ3) is 3.91. The molecule has 3 nitrogen and oxygen atoms in total. The molecule has 0 aromatic heterocycles. The largest absolute Gasteiger partial charge is 0.379 e. The molecular weight excluding hydrogens is 212 g/mol. The van der Waals surface area contributed by atoms with Crippen LogP contribution in [0.2, 0.25) is 0 Å². The molecule has 2 aliphatic rings. The quantitative estimate of drug-likeness (QED) is 0.676. The molecule has 0 spiro atoms. The molecule has 0 aliphatic carbocycles. The fourth-order valence-electron chi connectivity index (χ4n) is 2.31. The van der Waals surface area contributed by atoms with Gasteiger partial charge in [-0.1, -0.05) is 0 Å². The first kappa shape index (κ1) is 11.6. The Labute approximate surface area is 97.3 Å². The molecule has 0 radical (unpaired) electrons. The van der Waals surface area contributed by atoms with Crippen molar-refractivity contribution in [3.8, 4) is 0 Å². The van der Waals surface area contributed by atoms with Crippen molar-refractivity contribution in [1.82, 2.24) is 9.80 Å². The van der Waals surface area contributed by atoms with Crippen molar-refractivity contribution in [2.75, 3.05) is 52.5 Å². The Morgan fingerprint density at radius 2 is 1.80 bits per heavy atom. The van der Waals surface area contributed by atoms with E-state index in [2.05, 4.69) is 9.80 Å². The van der Waals surface area contributed by atoms with Gasteiger partial charge in [-0.05, 0) is 19.4 Å². The number of halogens is 1. The van der Waals surface area contributed by atoms with Crippen LogP contribution in [0.25, 0.3) is 0 Å². The Kier molecular flexibility index (Phi) is 4.69. The lowest BCUT2D eigenvalue weighted by molar-refractivity contribution is 0.0325. The summed E-state index contributed by atoms with van der Waals surface area (Å²) in [5.41, 5.74) is 0. The van der Waals surface area contributed by atoms with Crippen LogP contribution in [0.5, 0.6) is 0 Å². The molecule has 2 rings (SSSR count). The summed E-state index contributed by atoms with van der Waals surface area (Å²) in [4.78, 5) is 4.98. The number of likely N-dealkylation sites (tertiary alicyclic amines) is 1. The topological polar surface area (TPSA) is 15.7 Å². The lowest BCUT2D eigenvalue weighted by Gasteiger charge is -2.33. The molecule has 2 fully saturated rings. The van der Waals surface area contributed by atoms with Gasteiger partial charge in [-0.2, -0.15) is 0 Å². The molecule has 0 bridgehead atoms. The van der Waals surface area contributed by atoms with Gasteiger partial charge in [0.2, 0.25) is 0 Å². The second-order valence-electron chi connectivity index (χ2n) is 4.49. The highest BCUT2D eigenvalue weighted by Gasteiger charge is 2.18. The van der Waals surface area contributed by atoms with E-state index in [0.717, 1.165) is 32.8 Å². The summed E-state index contributed by atoms with van der Waals surface area (Å²) in [6.45, 7) is 8.64. The average molecular weight is 233 g/mol. The Morgan fingerprint density at radius 3 is 2.53 bits per heavy atom. The monoisotopic (exact) mass is 232 g/mol. The number of hydrogen-bond acceptors (Lipinski definition) is 3. The maximum Gasteiger partial charge on any atom is 0.0594 e. The third-order valence-corrected chi connectivity index (χ3v) is 3.64. The van der Waals surface area contributed by atoms with Crippen LogP contribution in [0.1, 0.15) is 12.8 Å². The van der Waals surface area contributed by atoms with E-state index in [1.54, 1.807) is 0 Å². The molecule has 0 aromatic rings. The Hall–Kier alpha value is 0.170. The summed E-state index contributed by atoms with van der Waals surface area (Å²) in [5.74, 6) is 0. The lowest BCUT2D eigenvalue weighted by Crippen LogP contribution is -2.44. The second-order valence-corrected chi connectivity index (χ2v) is 5.11. The van der Waals surface area contributed by atoms with Gasteiger partial charge in [-0.3, -0.25) is 4.90 Å². The van der Waals surface area contributed by atoms with Crippen LogP contribution in [0.4, 0.5) is 0 Å². The molecule has 1 unspecified atom stereocenters. The predicted octanol–water partition coefficient (Wildman–Crippen LogP) is 1.02. The zero-order valence-electron chi connectivity index (χ0n) is 9.33. The third-order valence-electron chi connectivity index (χ3n) is 3.28. The van der Waals surface area contributed by atoms with Gasteiger partial charge in [0.1, 0.15) is 0 Å². The van der Waals surface area contributed by atoms with Gasteiger partial charge in [0.25, 0.3) is 0 Å². The molecule has 0 N–H and O–H groups in total. The molecule has 2 heterocycles. The van der Waals surface area contributed by atoms with Gasteiger partial charge in [-0.15, -0.1) is 11.6 Å². The number of nitrogens with zero attached hydrogens (tertiary/aromatic N) is 2. The first-order chi connectivity index (χ1) is 7.34. The van der Waals surface area contributed by atoms with Crippen molar-refractivity contribution >= 4 is 11.6 Å². The minimum atomic E-state index is 0.378. The van der Waals surface area contributed by atoms with Gasteiger partial charge >= 0.3 is 0 Å². The van der Waals surface area contributed by atoms with Crippen molar-refractivity contribution in [3.63, 3.8) is 0 Å². The van der Waals surface area contributed by atoms with Crippen LogP contribution in [-0.2, 0) is 4.74 Å². The van der Waals surface area contributed by atoms with E-state index in [9.17, 15) is 0 Å². The zero-order valence-corrected chi connectivity index (χ0v) is 10.1. The standard InChI is InChI=1S/C11H21ClN2O/c12-11-2-1-3-14(10-11)5-4-13-6-8-15-9-7-13/h11H,1-10H2. The average Bonchev–Trinajstić information content (AvgIpc) is 2.28. The number of morpholine rings is 1. The van der Waals surface area contributed by atoms with E-state index in [0.29, 0.717) is 5.38 Å². The summed E-state index contributed by atoms with van der Waals surface area (Å²) in [5, 5.41) is 0.378. The van der Waals surface area contributed by atoms with Gasteiger partial charge in [0, 0.05) is 38.1 Å². The van der Waals surface area contributed by atoms with Crippen LogP contribution in [0, 0.1) is 0 Å². The van der Waals surface area contributed by atoms with Gasteiger partial charge in [-0.25, -0.2) is 0 Å². The number of piperidine rings is 1. The lowest BCUT2D eigenvalue weighted by atomic mass is 10.1. The van der Waals surface area contributed by atoms with Crippen molar-refractivity contribution in [1.29, 1.82) is 0 Å². The fourth-order valence-corrected chi connectivity index (χ4v) is 2.66. The summed E-state index contributed by atoms with van der Waals surface area (Å²) < 4.78 is 5.33. The predicted molar refractivity (Wildman–Crippen MR) is 62.6 cm³/mol. The minimum Gasteiger partial charge on any atom is -0.379 e. The van der Waals surface area contributed by atoms with E-state index in [1.165, 1.54) is 32.5 Å². The van der Waals surface area contributed by atoms with Crippen LogP contribution >= 0.6 is 11.6 Å². The SMILES string of the molecule is ClC1CCCN(CCN2CCOCC2)C1. The Balaban J connectivity index is 1.63. The Bertz CT molecular complexity index is 185. The van der Waals surface area contributed by atoms with Gasteiger partial charge in [0.15, 0.2) is 0 Å². The minimum absolute atomic E-state index is 0.378. The molecule has 0 saturated carbocycles. The number of alkyl halides is 1. The first-order valence-electron chi connectivity index (χ1n) is 6.01. The van der Waals surface area contributed by atoms with E-state index in [4.69, 9.17) is 16.3 Å². The highest BCUT2D eigenvalue weighted by Crippen LogP contribution is 2.14. The van der Waals surface area contributed by atoms with E-state index < -0.39 is 0 Å². The Morgan fingerprint density at radius 1 is 1.07 bits per heavy atom. The highest BCUT2D eigenvalue weighted by molar-refractivity contribution is 6.20. The molecule has 88 valence electrons. The van der Waals surface area contributed by atoms with Gasteiger partial charge < -0.3 is 9.64 Å². The van der Waals surface area contributed by atoms with Crippen molar-refractivity contribution in [3.05, 3.63) is 0 Å². The first-order valence-corrected chi connectivity index (χ1v) is 6.45. The summed E-state index contributed by atoms with van der Waals surface area (Å²) in [7, 11) is 0. The highest BCUT2D eigenvalue weighted by atomic mass is 35.5. The summed E-state index contributed by atoms with van der Waals surface area (Å²) in [6, 6.07) is 0. The zero-order chi connectivity index (χ0) is 10.5. The van der Waals surface area contributed by atoms with Crippen LogP contribution < -0.4 is 0 Å². The molecule has 2 aliphatic heterocycles. The molecule has 0 aromatic carbocycles.